The van der Waals surface area contributed by atoms with Crippen molar-refractivity contribution in [3.05, 3.63) is 109 Å². The highest BCUT2D eigenvalue weighted by Gasteiger charge is 2.16. The van der Waals surface area contributed by atoms with Crippen molar-refractivity contribution < 1.29 is 0 Å². The molecule has 0 amide bonds. The standard InChI is InChI=1S/C32H24N8/c1-34-31-38-29(20-8-3-2-4-9-20)37-30(39-31)23-11-7-10-21(16-23)22-14-15-26-25-12-5-6-13-27(25)40(28(26)17-22)32-35-18-24(33)19-36-32/h2-19H,33H2,1H3,(H,34,37,38,39). The molecule has 3 aromatic heterocycles. The molecule has 7 aromatic rings. The van der Waals surface area contributed by atoms with E-state index in [1.807, 2.05) is 61.6 Å². The summed E-state index contributed by atoms with van der Waals surface area (Å²) in [7, 11) is 1.81. The maximum absolute atomic E-state index is 5.88. The monoisotopic (exact) mass is 520 g/mol. The number of nitrogens with zero attached hydrogens (tertiary/aromatic N) is 6. The van der Waals surface area contributed by atoms with Crippen LogP contribution in [0.3, 0.4) is 0 Å². The number of para-hydroxylation sites is 1. The van der Waals surface area contributed by atoms with Crippen LogP contribution < -0.4 is 11.1 Å². The van der Waals surface area contributed by atoms with Gasteiger partial charge in [0.1, 0.15) is 0 Å². The Morgan fingerprint density at radius 1 is 0.600 bits per heavy atom. The Bertz CT molecular complexity index is 2000. The maximum atomic E-state index is 5.88. The van der Waals surface area contributed by atoms with Crippen LogP contribution >= 0.6 is 0 Å². The van der Waals surface area contributed by atoms with Crippen molar-refractivity contribution in [2.24, 2.45) is 0 Å². The first-order valence-electron chi connectivity index (χ1n) is 12.9. The fourth-order valence-electron chi connectivity index (χ4n) is 4.98. The van der Waals surface area contributed by atoms with Crippen LogP contribution in [0.4, 0.5) is 11.6 Å². The SMILES string of the molecule is CNc1nc(-c2ccccc2)nc(-c2cccc(-c3ccc4c5ccccc5n(-c5ncc(N)cn5)c4c3)c2)n1. The van der Waals surface area contributed by atoms with Gasteiger partial charge in [0.05, 0.1) is 29.1 Å². The second kappa shape index (κ2) is 9.59. The van der Waals surface area contributed by atoms with Crippen molar-refractivity contribution in [1.82, 2.24) is 29.5 Å². The number of nitrogen functional groups attached to an aromatic ring is 1. The molecule has 0 saturated carbocycles. The topological polar surface area (TPSA) is 107 Å². The average molecular weight is 521 g/mol. The van der Waals surface area contributed by atoms with Gasteiger partial charge in [-0.05, 0) is 29.3 Å². The molecule has 0 bridgehead atoms. The van der Waals surface area contributed by atoms with Gasteiger partial charge in [0.15, 0.2) is 11.6 Å². The summed E-state index contributed by atoms with van der Waals surface area (Å²) in [5.41, 5.74) is 12.4. The van der Waals surface area contributed by atoms with Crippen LogP contribution in [0.25, 0.3) is 61.7 Å². The van der Waals surface area contributed by atoms with E-state index in [1.165, 1.54) is 0 Å². The fourth-order valence-corrected chi connectivity index (χ4v) is 4.98. The second-order valence-corrected chi connectivity index (χ2v) is 9.40. The molecule has 0 aliphatic heterocycles. The minimum Gasteiger partial charge on any atom is -0.396 e. The Balaban J connectivity index is 1.37. The van der Waals surface area contributed by atoms with Crippen molar-refractivity contribution in [3.63, 3.8) is 0 Å². The highest BCUT2D eigenvalue weighted by molar-refractivity contribution is 6.10. The van der Waals surface area contributed by atoms with Crippen LogP contribution in [-0.4, -0.2) is 36.5 Å². The lowest BCUT2D eigenvalue weighted by molar-refractivity contribution is 0.991. The molecule has 0 saturated heterocycles. The van der Waals surface area contributed by atoms with Gasteiger partial charge in [0.2, 0.25) is 11.9 Å². The van der Waals surface area contributed by atoms with Gasteiger partial charge in [-0.1, -0.05) is 78.9 Å². The molecule has 40 heavy (non-hydrogen) atoms. The number of anilines is 2. The molecule has 0 atom stereocenters. The number of fused-ring (bicyclic) bond motifs is 3. The predicted molar refractivity (Wildman–Crippen MR) is 160 cm³/mol. The van der Waals surface area contributed by atoms with Gasteiger partial charge in [-0.25, -0.2) is 15.0 Å². The average Bonchev–Trinajstić information content (AvgIpc) is 3.35. The quantitative estimate of drug-likeness (QED) is 0.271. The maximum Gasteiger partial charge on any atom is 0.234 e. The van der Waals surface area contributed by atoms with Crippen LogP contribution in [0.5, 0.6) is 0 Å². The summed E-state index contributed by atoms with van der Waals surface area (Å²) in [5.74, 6) is 2.31. The molecule has 4 aromatic carbocycles. The van der Waals surface area contributed by atoms with Crippen molar-refractivity contribution in [1.29, 1.82) is 0 Å². The number of hydrogen-bond acceptors (Lipinski definition) is 7. The van der Waals surface area contributed by atoms with E-state index in [9.17, 15) is 0 Å². The van der Waals surface area contributed by atoms with Gasteiger partial charge in [0, 0.05) is 28.9 Å². The van der Waals surface area contributed by atoms with Crippen LogP contribution in [0.15, 0.2) is 109 Å². The highest BCUT2D eigenvalue weighted by atomic mass is 15.2. The molecule has 8 nitrogen and oxygen atoms in total. The zero-order valence-corrected chi connectivity index (χ0v) is 21.7. The van der Waals surface area contributed by atoms with Crippen molar-refractivity contribution >= 4 is 33.4 Å². The largest absolute Gasteiger partial charge is 0.396 e. The minimum atomic E-state index is 0.517. The molecule has 7 rings (SSSR count). The summed E-state index contributed by atoms with van der Waals surface area (Å²) < 4.78 is 2.08. The molecule has 3 N–H and O–H groups in total. The van der Waals surface area contributed by atoms with Crippen LogP contribution in [0.1, 0.15) is 0 Å². The Labute approximate surface area is 230 Å². The number of nitrogens with one attached hydrogen (secondary N) is 1. The van der Waals surface area contributed by atoms with Gasteiger partial charge in [0.25, 0.3) is 0 Å². The normalized spacial score (nSPS) is 11.2. The van der Waals surface area contributed by atoms with Crippen molar-refractivity contribution in [2.45, 2.75) is 0 Å². The smallest absolute Gasteiger partial charge is 0.234 e. The van der Waals surface area contributed by atoms with Gasteiger partial charge < -0.3 is 11.1 Å². The summed E-state index contributed by atoms with van der Waals surface area (Å²) in [6.07, 6.45) is 3.27. The number of rotatable bonds is 5. The molecule has 0 radical (unpaired) electrons. The van der Waals surface area contributed by atoms with E-state index in [-0.39, 0.29) is 0 Å². The molecule has 192 valence electrons. The van der Waals surface area contributed by atoms with E-state index in [0.717, 1.165) is 44.1 Å². The molecule has 0 fully saturated rings. The fraction of sp³-hybridized carbons (Fsp3) is 0.0312. The minimum absolute atomic E-state index is 0.517. The zero-order valence-electron chi connectivity index (χ0n) is 21.7. The van der Waals surface area contributed by atoms with Gasteiger partial charge >= 0.3 is 0 Å². The molecule has 0 unspecified atom stereocenters. The molecule has 3 heterocycles. The van der Waals surface area contributed by atoms with Crippen molar-refractivity contribution in [2.75, 3.05) is 18.1 Å². The molecule has 0 aliphatic rings. The third kappa shape index (κ3) is 4.08. The molecule has 0 aliphatic carbocycles. The third-order valence-corrected chi connectivity index (χ3v) is 6.88. The van der Waals surface area contributed by atoms with Crippen molar-refractivity contribution in [3.8, 4) is 39.9 Å². The summed E-state index contributed by atoms with van der Waals surface area (Å²) in [5, 5.41) is 5.33. The van der Waals surface area contributed by atoms with E-state index in [1.54, 1.807) is 12.4 Å². The van der Waals surface area contributed by atoms with E-state index in [0.29, 0.717) is 29.2 Å². The number of hydrogen-bond donors (Lipinski definition) is 2. The van der Waals surface area contributed by atoms with E-state index < -0.39 is 0 Å². The molecule has 0 spiro atoms. The third-order valence-electron chi connectivity index (χ3n) is 6.88. The van der Waals surface area contributed by atoms with Crippen LogP contribution in [0.2, 0.25) is 0 Å². The molecule has 8 heteroatoms. The summed E-state index contributed by atoms with van der Waals surface area (Å²) >= 11 is 0. The molecular formula is C32H24N8. The van der Waals surface area contributed by atoms with Gasteiger partial charge in [-0.3, -0.25) is 4.57 Å². The van der Waals surface area contributed by atoms with E-state index in [4.69, 9.17) is 10.7 Å². The van der Waals surface area contributed by atoms with Crippen LogP contribution in [-0.2, 0) is 0 Å². The van der Waals surface area contributed by atoms with Crippen LogP contribution in [0, 0.1) is 0 Å². The highest BCUT2D eigenvalue weighted by Crippen LogP contribution is 2.35. The van der Waals surface area contributed by atoms with Gasteiger partial charge in [-0.15, -0.1) is 0 Å². The Hall–Kier alpha value is -5.63. The Morgan fingerprint density at radius 2 is 1.25 bits per heavy atom. The summed E-state index contributed by atoms with van der Waals surface area (Å²) in [4.78, 5) is 23.1. The number of aromatic nitrogens is 6. The Morgan fingerprint density at radius 3 is 2.05 bits per heavy atom. The number of benzene rings is 4. The first-order valence-corrected chi connectivity index (χ1v) is 12.9. The lowest BCUT2D eigenvalue weighted by atomic mass is 10.0. The summed E-state index contributed by atoms with van der Waals surface area (Å²) in [6.45, 7) is 0. The summed E-state index contributed by atoms with van der Waals surface area (Å²) in [6, 6.07) is 32.9. The Kier molecular flexibility index (Phi) is 5.63. The number of nitrogens with two attached hydrogens (primary N) is 1. The second-order valence-electron chi connectivity index (χ2n) is 9.40. The zero-order chi connectivity index (χ0) is 27.1. The van der Waals surface area contributed by atoms with E-state index >= 15 is 0 Å². The first kappa shape index (κ1) is 23.5. The first-order chi connectivity index (χ1) is 19.7. The lowest BCUT2D eigenvalue weighted by Gasteiger charge is -2.10. The lowest BCUT2D eigenvalue weighted by Crippen LogP contribution is -2.03. The predicted octanol–water partition coefficient (Wildman–Crippen LogP) is 6.38. The van der Waals surface area contributed by atoms with E-state index in [2.05, 4.69) is 72.3 Å². The van der Waals surface area contributed by atoms with Gasteiger partial charge in [-0.2, -0.15) is 9.97 Å². The molecular weight excluding hydrogens is 496 g/mol.